The molecule has 196 valence electrons. The number of hydrogen-bond acceptors (Lipinski definition) is 7. The molecule has 0 aromatic carbocycles. The van der Waals surface area contributed by atoms with Crippen LogP contribution in [0.25, 0.3) is 0 Å². The first-order valence-electron chi connectivity index (χ1n) is 12.0. The first kappa shape index (κ1) is 30.6. The van der Waals surface area contributed by atoms with E-state index in [4.69, 9.17) is 11.0 Å². The van der Waals surface area contributed by atoms with Crippen LogP contribution in [0.15, 0.2) is 34.6 Å². The molecule has 0 aliphatic carbocycles. The quantitative estimate of drug-likeness (QED) is 0.106. The summed E-state index contributed by atoms with van der Waals surface area (Å²) in [5, 5.41) is 33.8. The van der Waals surface area contributed by atoms with E-state index in [1.54, 1.807) is 6.08 Å². The smallest absolute Gasteiger partial charge is 0.426 e. The third-order valence-corrected chi connectivity index (χ3v) is 5.32. The number of rotatable bonds is 14. The Morgan fingerprint density at radius 1 is 1.19 bits per heavy atom. The van der Waals surface area contributed by atoms with Crippen LogP contribution in [0.1, 0.15) is 69.9 Å². The molecular weight excluding hydrogens is 465 g/mol. The Balaban J connectivity index is 3.06. The number of allylic oxidation sites excluding steroid dienone is 1. The van der Waals surface area contributed by atoms with Crippen LogP contribution in [0.4, 0.5) is 0 Å². The zero-order valence-electron chi connectivity index (χ0n) is 21.2. The van der Waals surface area contributed by atoms with E-state index >= 15 is 0 Å². The van der Waals surface area contributed by atoms with E-state index in [-0.39, 0.29) is 42.5 Å². The number of carbonyl (C=O) groups is 3. The fourth-order valence-electron chi connectivity index (χ4n) is 3.70. The van der Waals surface area contributed by atoms with Crippen LogP contribution in [0.5, 0.6) is 0 Å². The molecule has 11 nitrogen and oxygen atoms in total. The minimum absolute atomic E-state index is 0.0166. The second-order valence-corrected chi connectivity index (χ2v) is 9.35. The summed E-state index contributed by atoms with van der Waals surface area (Å²) in [6.07, 6.45) is 2.73. The summed E-state index contributed by atoms with van der Waals surface area (Å²) in [5.74, 6) is -2.95. The SMILES string of the molecule is CC(C)C=C(C#N)C(=O)NCCCC[C@@H](C(=O)N[C@@H](CC(C)C)B(O)O)n1c(C(N)=O)cccc1=O. The number of nitrogens with two attached hydrogens (primary N) is 1. The van der Waals surface area contributed by atoms with Gasteiger partial charge in [0.05, 0.1) is 5.94 Å². The van der Waals surface area contributed by atoms with Crippen LogP contribution < -0.4 is 21.9 Å². The Labute approximate surface area is 211 Å². The van der Waals surface area contributed by atoms with Crippen LogP contribution in [0.2, 0.25) is 0 Å². The number of aromatic nitrogens is 1. The average molecular weight is 501 g/mol. The van der Waals surface area contributed by atoms with Crippen molar-refractivity contribution in [2.45, 2.75) is 65.4 Å². The maximum Gasteiger partial charge on any atom is 0.475 e. The summed E-state index contributed by atoms with van der Waals surface area (Å²) in [7, 11) is -1.82. The van der Waals surface area contributed by atoms with Gasteiger partial charge in [0.1, 0.15) is 23.4 Å². The van der Waals surface area contributed by atoms with Gasteiger partial charge in [-0.25, -0.2) is 0 Å². The van der Waals surface area contributed by atoms with Gasteiger partial charge in [-0.1, -0.05) is 39.8 Å². The number of carbonyl (C=O) groups excluding carboxylic acids is 3. The molecule has 0 unspecified atom stereocenters. The molecule has 36 heavy (non-hydrogen) atoms. The highest BCUT2D eigenvalue weighted by Gasteiger charge is 2.31. The van der Waals surface area contributed by atoms with Gasteiger partial charge in [0.15, 0.2) is 0 Å². The Bertz CT molecular complexity index is 1040. The van der Waals surface area contributed by atoms with Crippen molar-refractivity contribution in [3.63, 3.8) is 0 Å². The molecule has 0 spiro atoms. The zero-order valence-corrected chi connectivity index (χ0v) is 21.2. The second kappa shape index (κ2) is 14.9. The van der Waals surface area contributed by atoms with Crippen molar-refractivity contribution < 1.29 is 24.4 Å². The van der Waals surface area contributed by atoms with E-state index in [1.165, 1.54) is 18.2 Å². The summed E-state index contributed by atoms with van der Waals surface area (Å²) in [5.41, 5.74) is 4.69. The summed E-state index contributed by atoms with van der Waals surface area (Å²) < 4.78 is 1.01. The third kappa shape index (κ3) is 9.68. The minimum Gasteiger partial charge on any atom is -0.426 e. The van der Waals surface area contributed by atoms with Gasteiger partial charge < -0.3 is 26.4 Å². The van der Waals surface area contributed by atoms with E-state index < -0.39 is 42.4 Å². The van der Waals surface area contributed by atoms with Crippen molar-refractivity contribution in [2.24, 2.45) is 17.6 Å². The molecule has 0 radical (unpaired) electrons. The molecule has 1 aromatic rings. The maximum atomic E-state index is 13.2. The van der Waals surface area contributed by atoms with Crippen molar-refractivity contribution in [3.05, 3.63) is 45.9 Å². The van der Waals surface area contributed by atoms with E-state index in [9.17, 15) is 29.2 Å². The highest BCUT2D eigenvalue weighted by molar-refractivity contribution is 6.43. The highest BCUT2D eigenvalue weighted by atomic mass is 16.4. The molecule has 0 saturated heterocycles. The van der Waals surface area contributed by atoms with Gasteiger partial charge in [-0.2, -0.15) is 5.26 Å². The van der Waals surface area contributed by atoms with Crippen molar-refractivity contribution >= 4 is 24.8 Å². The van der Waals surface area contributed by atoms with Gasteiger partial charge in [0, 0.05) is 12.6 Å². The molecule has 1 rings (SSSR count). The average Bonchev–Trinajstić information content (AvgIpc) is 2.78. The van der Waals surface area contributed by atoms with Gasteiger partial charge in [0.2, 0.25) is 5.91 Å². The molecule has 0 bridgehead atoms. The van der Waals surface area contributed by atoms with Crippen molar-refractivity contribution in [3.8, 4) is 6.07 Å². The lowest BCUT2D eigenvalue weighted by Gasteiger charge is -2.26. The largest absolute Gasteiger partial charge is 0.475 e. The Morgan fingerprint density at radius 2 is 1.86 bits per heavy atom. The van der Waals surface area contributed by atoms with E-state index in [0.717, 1.165) is 4.57 Å². The number of hydrogen-bond donors (Lipinski definition) is 5. The van der Waals surface area contributed by atoms with Crippen LogP contribution in [0.3, 0.4) is 0 Å². The Hall–Kier alpha value is -3.43. The lowest BCUT2D eigenvalue weighted by molar-refractivity contribution is -0.125. The Morgan fingerprint density at radius 3 is 2.39 bits per heavy atom. The predicted molar refractivity (Wildman–Crippen MR) is 135 cm³/mol. The number of amides is 3. The normalized spacial score (nSPS) is 13.1. The van der Waals surface area contributed by atoms with Gasteiger partial charge in [0.25, 0.3) is 17.4 Å². The molecule has 0 aliphatic rings. The maximum absolute atomic E-state index is 13.2. The molecule has 0 aliphatic heterocycles. The molecule has 6 N–H and O–H groups in total. The van der Waals surface area contributed by atoms with Gasteiger partial charge in [-0.15, -0.1) is 0 Å². The molecule has 0 saturated carbocycles. The lowest BCUT2D eigenvalue weighted by Crippen LogP contribution is -2.50. The van der Waals surface area contributed by atoms with E-state index in [2.05, 4.69) is 10.6 Å². The fraction of sp³-hybridized carbons (Fsp3) is 0.542. The summed E-state index contributed by atoms with van der Waals surface area (Å²) in [6.45, 7) is 7.64. The first-order valence-corrected chi connectivity index (χ1v) is 12.0. The number of unbranched alkanes of at least 4 members (excludes halogenated alkanes) is 1. The van der Waals surface area contributed by atoms with E-state index in [1.807, 2.05) is 33.8 Å². The highest BCUT2D eigenvalue weighted by Crippen LogP contribution is 2.18. The number of nitriles is 1. The van der Waals surface area contributed by atoms with E-state index in [0.29, 0.717) is 12.8 Å². The van der Waals surface area contributed by atoms with Crippen LogP contribution in [0, 0.1) is 23.2 Å². The van der Waals surface area contributed by atoms with Crippen molar-refractivity contribution in [1.29, 1.82) is 5.26 Å². The van der Waals surface area contributed by atoms with Crippen molar-refractivity contribution in [1.82, 2.24) is 15.2 Å². The molecule has 3 amide bonds. The lowest BCUT2D eigenvalue weighted by atomic mass is 9.75. The van der Waals surface area contributed by atoms with Gasteiger partial charge in [-0.3, -0.25) is 23.7 Å². The Kier molecular flexibility index (Phi) is 12.6. The second-order valence-electron chi connectivity index (χ2n) is 9.35. The predicted octanol–water partition coefficient (Wildman–Crippen LogP) is 0.424. The first-order chi connectivity index (χ1) is 16.9. The molecule has 1 aromatic heterocycles. The number of nitrogens with zero attached hydrogens (tertiary/aromatic N) is 2. The third-order valence-electron chi connectivity index (χ3n) is 5.32. The molecule has 2 atom stereocenters. The van der Waals surface area contributed by atoms with Crippen LogP contribution in [-0.4, -0.2) is 51.9 Å². The summed E-state index contributed by atoms with van der Waals surface area (Å²) >= 11 is 0. The molecule has 1 heterocycles. The topological polar surface area (TPSA) is 188 Å². The van der Waals surface area contributed by atoms with Gasteiger partial charge in [-0.05, 0) is 43.6 Å². The van der Waals surface area contributed by atoms with Gasteiger partial charge >= 0.3 is 7.12 Å². The zero-order chi connectivity index (χ0) is 27.4. The number of nitrogens with one attached hydrogen (secondary N) is 2. The molecule has 0 fully saturated rings. The monoisotopic (exact) mass is 501 g/mol. The van der Waals surface area contributed by atoms with Crippen LogP contribution in [-0.2, 0) is 9.59 Å². The number of primary amides is 1. The molecular formula is C24H36BN5O6. The minimum atomic E-state index is -1.82. The molecule has 12 heteroatoms. The standard InChI is InChI=1S/C24H36BN5O6/c1-15(2)12-17(14-26)23(33)28-11-6-5-8-19(24(34)29-20(25(35)36)13-16(3)4)30-18(22(27)32)9-7-10-21(30)31/h7,9-10,12,15-16,19-20,35-36H,5-6,8,11,13H2,1-4H3,(H2,27,32)(H,28,33)(H,29,34)/t19-,20-/m0/s1. The fourth-order valence-corrected chi connectivity index (χ4v) is 3.70. The van der Waals surface area contributed by atoms with Crippen LogP contribution >= 0.6 is 0 Å². The number of pyridine rings is 1. The summed E-state index contributed by atoms with van der Waals surface area (Å²) in [4.78, 5) is 50.0. The summed E-state index contributed by atoms with van der Waals surface area (Å²) in [6, 6.07) is 4.61. The van der Waals surface area contributed by atoms with Crippen molar-refractivity contribution in [2.75, 3.05) is 6.54 Å².